The zero-order valence-corrected chi connectivity index (χ0v) is 10.6. The topological polar surface area (TPSA) is 17.1 Å². The van der Waals surface area contributed by atoms with E-state index in [1.807, 2.05) is 12.1 Å². The van der Waals surface area contributed by atoms with E-state index in [1.54, 1.807) is 0 Å². The first-order valence-electron chi connectivity index (χ1n) is 6.06. The molecule has 0 amide bonds. The smallest absolute Gasteiger partial charge is 0.166 e. The van der Waals surface area contributed by atoms with Gasteiger partial charge in [-0.25, -0.2) is 0 Å². The molecule has 0 aliphatic heterocycles. The van der Waals surface area contributed by atoms with Crippen molar-refractivity contribution in [2.24, 2.45) is 11.3 Å². The molecule has 1 aromatic rings. The van der Waals surface area contributed by atoms with Gasteiger partial charge in [0, 0.05) is 11.5 Å². The Hall–Kier alpha value is -1.11. The largest absolute Gasteiger partial charge is 0.294 e. The predicted molar refractivity (Wildman–Crippen MR) is 66.7 cm³/mol. The van der Waals surface area contributed by atoms with Gasteiger partial charge in [-0.3, -0.25) is 4.79 Å². The summed E-state index contributed by atoms with van der Waals surface area (Å²) in [5, 5.41) is 0. The fourth-order valence-corrected chi connectivity index (χ4v) is 2.15. The fraction of sp³-hybridized carbons (Fsp3) is 0.533. The summed E-state index contributed by atoms with van der Waals surface area (Å²) in [6.45, 7) is 8.66. The second-order valence-electron chi connectivity index (χ2n) is 5.89. The van der Waals surface area contributed by atoms with Crippen LogP contribution in [0.3, 0.4) is 0 Å². The Bertz CT molecular complexity index is 398. The lowest BCUT2D eigenvalue weighted by Crippen LogP contribution is -2.06. The molecular weight excluding hydrogens is 196 g/mol. The van der Waals surface area contributed by atoms with Crippen LogP contribution in [0.1, 0.15) is 56.0 Å². The van der Waals surface area contributed by atoms with Crippen LogP contribution in [0.15, 0.2) is 24.3 Å². The molecule has 1 aromatic carbocycles. The molecule has 1 saturated carbocycles. The van der Waals surface area contributed by atoms with Crippen molar-refractivity contribution in [1.82, 2.24) is 0 Å². The molecule has 0 radical (unpaired) electrons. The molecular formula is C15H20O. The van der Waals surface area contributed by atoms with E-state index in [9.17, 15) is 4.79 Å². The van der Waals surface area contributed by atoms with Gasteiger partial charge in [-0.2, -0.15) is 0 Å². The summed E-state index contributed by atoms with van der Waals surface area (Å²) in [5.41, 5.74) is 2.40. The van der Waals surface area contributed by atoms with Crippen LogP contribution in [0, 0.1) is 11.3 Å². The highest BCUT2D eigenvalue weighted by atomic mass is 16.1. The first kappa shape index (κ1) is 11.4. The molecule has 0 saturated heterocycles. The summed E-state index contributed by atoms with van der Waals surface area (Å²) in [6, 6.07) is 8.11. The molecule has 2 rings (SSSR count). The second-order valence-corrected chi connectivity index (χ2v) is 5.89. The highest BCUT2D eigenvalue weighted by molar-refractivity contribution is 6.00. The van der Waals surface area contributed by atoms with Gasteiger partial charge in [-0.1, -0.05) is 52.0 Å². The molecule has 0 heterocycles. The number of ketones is 1. The van der Waals surface area contributed by atoms with Gasteiger partial charge in [-0.15, -0.1) is 0 Å². The molecule has 16 heavy (non-hydrogen) atoms. The van der Waals surface area contributed by atoms with Gasteiger partial charge in [0.1, 0.15) is 0 Å². The molecule has 1 aliphatic carbocycles. The zero-order chi connectivity index (χ0) is 11.9. The van der Waals surface area contributed by atoms with Crippen molar-refractivity contribution in [3.63, 3.8) is 0 Å². The molecule has 0 bridgehead atoms. The van der Waals surface area contributed by atoms with Crippen LogP contribution in [-0.4, -0.2) is 5.78 Å². The Morgan fingerprint density at radius 1 is 1.25 bits per heavy atom. The van der Waals surface area contributed by atoms with E-state index >= 15 is 0 Å². The monoisotopic (exact) mass is 216 g/mol. The molecule has 86 valence electrons. The van der Waals surface area contributed by atoms with E-state index in [1.165, 1.54) is 5.56 Å². The highest BCUT2D eigenvalue weighted by Gasteiger charge is 2.50. The van der Waals surface area contributed by atoms with Gasteiger partial charge < -0.3 is 0 Å². The van der Waals surface area contributed by atoms with E-state index in [0.29, 0.717) is 11.7 Å². The lowest BCUT2D eigenvalue weighted by Gasteiger charge is -2.07. The van der Waals surface area contributed by atoms with E-state index in [-0.39, 0.29) is 11.3 Å². The van der Waals surface area contributed by atoms with Gasteiger partial charge in [-0.05, 0) is 23.3 Å². The number of hydrogen-bond donors (Lipinski definition) is 0. The van der Waals surface area contributed by atoms with E-state index in [0.717, 1.165) is 12.0 Å². The third-order valence-electron chi connectivity index (χ3n) is 3.69. The van der Waals surface area contributed by atoms with Gasteiger partial charge in [0.2, 0.25) is 0 Å². The average molecular weight is 216 g/mol. The summed E-state index contributed by atoms with van der Waals surface area (Å²) in [4.78, 5) is 12.1. The molecule has 1 heteroatoms. The normalized spacial score (nSPS) is 22.2. The van der Waals surface area contributed by atoms with Gasteiger partial charge in [0.15, 0.2) is 5.78 Å². The Labute approximate surface area is 97.9 Å². The minimum Gasteiger partial charge on any atom is -0.294 e. The highest BCUT2D eigenvalue weighted by Crippen LogP contribution is 2.53. The van der Waals surface area contributed by atoms with Crippen LogP contribution in [0.4, 0.5) is 0 Å². The summed E-state index contributed by atoms with van der Waals surface area (Å²) < 4.78 is 0. The number of Topliss-reactive ketones (excluding diaryl/α,β-unsaturated/α-hetero) is 1. The Morgan fingerprint density at radius 2 is 1.75 bits per heavy atom. The van der Waals surface area contributed by atoms with Crippen LogP contribution in [0.25, 0.3) is 0 Å². The van der Waals surface area contributed by atoms with Crippen LogP contribution >= 0.6 is 0 Å². The lowest BCUT2D eigenvalue weighted by molar-refractivity contribution is 0.0953. The number of rotatable bonds is 3. The van der Waals surface area contributed by atoms with Crippen LogP contribution in [-0.2, 0) is 0 Å². The number of hydrogen-bond acceptors (Lipinski definition) is 1. The van der Waals surface area contributed by atoms with Crippen molar-refractivity contribution in [3.8, 4) is 0 Å². The average Bonchev–Trinajstić information content (AvgIpc) is 2.87. The van der Waals surface area contributed by atoms with Crippen molar-refractivity contribution < 1.29 is 4.79 Å². The first-order chi connectivity index (χ1) is 7.42. The van der Waals surface area contributed by atoms with E-state index < -0.39 is 0 Å². The fourth-order valence-electron chi connectivity index (χ4n) is 2.15. The quantitative estimate of drug-likeness (QED) is 0.697. The molecule has 1 unspecified atom stereocenters. The number of benzene rings is 1. The van der Waals surface area contributed by atoms with Crippen molar-refractivity contribution >= 4 is 5.78 Å². The number of carbonyl (C=O) groups is 1. The van der Waals surface area contributed by atoms with Crippen molar-refractivity contribution in [1.29, 1.82) is 0 Å². The molecule has 0 aromatic heterocycles. The molecule has 1 aliphatic rings. The summed E-state index contributed by atoms with van der Waals surface area (Å²) in [5.74, 6) is 1.10. The van der Waals surface area contributed by atoms with Crippen molar-refractivity contribution in [3.05, 3.63) is 35.4 Å². The first-order valence-corrected chi connectivity index (χ1v) is 6.06. The zero-order valence-electron chi connectivity index (χ0n) is 10.6. The number of carbonyl (C=O) groups excluding carboxylic acids is 1. The maximum atomic E-state index is 12.1. The molecule has 1 fully saturated rings. The van der Waals surface area contributed by atoms with E-state index in [2.05, 4.69) is 39.8 Å². The summed E-state index contributed by atoms with van der Waals surface area (Å²) >= 11 is 0. The van der Waals surface area contributed by atoms with Crippen LogP contribution in [0.2, 0.25) is 0 Å². The third kappa shape index (κ3) is 2.04. The Kier molecular flexibility index (Phi) is 2.65. The Morgan fingerprint density at radius 3 is 2.12 bits per heavy atom. The van der Waals surface area contributed by atoms with Crippen LogP contribution < -0.4 is 0 Å². The summed E-state index contributed by atoms with van der Waals surface area (Å²) in [7, 11) is 0. The third-order valence-corrected chi connectivity index (χ3v) is 3.69. The molecule has 1 atom stereocenters. The van der Waals surface area contributed by atoms with Crippen LogP contribution in [0.5, 0.6) is 0 Å². The maximum absolute atomic E-state index is 12.1. The minimum absolute atomic E-state index is 0.230. The molecule has 0 spiro atoms. The standard InChI is InChI=1S/C15H20O/c1-10(2)11-5-7-12(8-6-11)14(16)13-9-15(13,3)4/h5-8,10,13H,9H2,1-4H3. The van der Waals surface area contributed by atoms with Gasteiger partial charge in [0.25, 0.3) is 0 Å². The summed E-state index contributed by atoms with van der Waals surface area (Å²) in [6.07, 6.45) is 1.04. The second kappa shape index (κ2) is 3.73. The SMILES string of the molecule is CC(C)c1ccc(C(=O)C2CC2(C)C)cc1. The molecule has 1 nitrogen and oxygen atoms in total. The van der Waals surface area contributed by atoms with E-state index in [4.69, 9.17) is 0 Å². The van der Waals surface area contributed by atoms with Crippen molar-refractivity contribution in [2.75, 3.05) is 0 Å². The predicted octanol–water partition coefficient (Wildman–Crippen LogP) is 4.04. The van der Waals surface area contributed by atoms with Gasteiger partial charge in [0.05, 0.1) is 0 Å². The van der Waals surface area contributed by atoms with Gasteiger partial charge >= 0.3 is 0 Å². The Balaban J connectivity index is 2.14. The lowest BCUT2D eigenvalue weighted by atomic mass is 9.97. The maximum Gasteiger partial charge on any atom is 0.166 e. The molecule has 0 N–H and O–H groups in total. The van der Waals surface area contributed by atoms with Crippen molar-refractivity contribution in [2.45, 2.75) is 40.0 Å². The minimum atomic E-state index is 0.230.